The number of nitrogens with one attached hydrogen (secondary N) is 1. The maximum absolute atomic E-state index is 12.2. The molecule has 2 aromatic carbocycles. The molecular formula is C22H22N2O2S. The summed E-state index contributed by atoms with van der Waals surface area (Å²) in [6.07, 6.45) is 0.329. The van der Waals surface area contributed by atoms with E-state index in [1.54, 1.807) is 12.1 Å². The molecule has 1 amide bonds. The van der Waals surface area contributed by atoms with Crippen molar-refractivity contribution in [3.8, 4) is 11.3 Å². The molecule has 0 unspecified atom stereocenters. The predicted molar refractivity (Wildman–Crippen MR) is 110 cm³/mol. The highest BCUT2D eigenvalue weighted by Crippen LogP contribution is 2.31. The van der Waals surface area contributed by atoms with Crippen LogP contribution in [0.2, 0.25) is 0 Å². The van der Waals surface area contributed by atoms with E-state index in [4.69, 9.17) is 0 Å². The van der Waals surface area contributed by atoms with Crippen molar-refractivity contribution in [3.05, 3.63) is 70.1 Å². The highest BCUT2D eigenvalue weighted by atomic mass is 32.1. The maximum Gasteiger partial charge on any atom is 0.226 e. The van der Waals surface area contributed by atoms with Gasteiger partial charge in [0.15, 0.2) is 10.9 Å². The van der Waals surface area contributed by atoms with Crippen LogP contribution < -0.4 is 5.32 Å². The second-order valence-electron chi connectivity index (χ2n) is 6.56. The maximum atomic E-state index is 12.2. The molecule has 0 fully saturated rings. The standard InChI is InChI=1S/C22H22N2O2S/c1-14-9-10-18(13-15(14)2)21-16(3)27-22(24-21)23-20(26)12-11-19(25)17-7-5-4-6-8-17/h4-10,13H,11-12H2,1-3H3,(H,23,24,26). The van der Waals surface area contributed by atoms with Crippen molar-refractivity contribution in [2.24, 2.45) is 0 Å². The molecule has 0 atom stereocenters. The minimum Gasteiger partial charge on any atom is -0.302 e. The first-order valence-corrected chi connectivity index (χ1v) is 9.69. The average molecular weight is 378 g/mol. The number of carbonyl (C=O) groups is 2. The summed E-state index contributed by atoms with van der Waals surface area (Å²) in [6.45, 7) is 6.15. The summed E-state index contributed by atoms with van der Waals surface area (Å²) in [5.74, 6) is -0.225. The number of aryl methyl sites for hydroxylation is 3. The van der Waals surface area contributed by atoms with Gasteiger partial charge in [0, 0.05) is 28.8 Å². The Morgan fingerprint density at radius 1 is 0.963 bits per heavy atom. The lowest BCUT2D eigenvalue weighted by molar-refractivity contribution is -0.116. The highest BCUT2D eigenvalue weighted by Gasteiger charge is 2.14. The summed E-state index contributed by atoms with van der Waals surface area (Å²) in [4.78, 5) is 29.9. The summed E-state index contributed by atoms with van der Waals surface area (Å²) in [6, 6.07) is 15.3. The number of benzene rings is 2. The number of ketones is 1. The molecule has 0 aliphatic carbocycles. The third-order valence-electron chi connectivity index (χ3n) is 4.50. The highest BCUT2D eigenvalue weighted by molar-refractivity contribution is 7.16. The molecule has 3 rings (SSSR count). The number of amides is 1. The van der Waals surface area contributed by atoms with Crippen LogP contribution in [-0.2, 0) is 4.79 Å². The Morgan fingerprint density at radius 3 is 2.41 bits per heavy atom. The fourth-order valence-corrected chi connectivity index (χ4v) is 3.64. The summed E-state index contributed by atoms with van der Waals surface area (Å²) >= 11 is 1.45. The van der Waals surface area contributed by atoms with Gasteiger partial charge in [-0.05, 0) is 38.0 Å². The van der Waals surface area contributed by atoms with E-state index in [1.165, 1.54) is 22.5 Å². The Kier molecular flexibility index (Phi) is 5.81. The fourth-order valence-electron chi connectivity index (χ4n) is 2.78. The van der Waals surface area contributed by atoms with Crippen molar-refractivity contribution in [1.29, 1.82) is 0 Å². The lowest BCUT2D eigenvalue weighted by Crippen LogP contribution is -2.13. The number of hydrogen-bond acceptors (Lipinski definition) is 4. The van der Waals surface area contributed by atoms with Gasteiger partial charge in [0.05, 0.1) is 5.69 Å². The van der Waals surface area contributed by atoms with Gasteiger partial charge in [-0.3, -0.25) is 9.59 Å². The van der Waals surface area contributed by atoms with Crippen molar-refractivity contribution in [2.45, 2.75) is 33.6 Å². The van der Waals surface area contributed by atoms with Crippen molar-refractivity contribution in [2.75, 3.05) is 5.32 Å². The number of anilines is 1. The van der Waals surface area contributed by atoms with Crippen molar-refractivity contribution in [3.63, 3.8) is 0 Å². The SMILES string of the molecule is Cc1ccc(-c2nc(NC(=O)CCC(=O)c3ccccc3)sc2C)cc1C. The molecule has 4 nitrogen and oxygen atoms in total. The van der Waals surface area contributed by atoms with Crippen LogP contribution in [0.15, 0.2) is 48.5 Å². The van der Waals surface area contributed by atoms with E-state index in [9.17, 15) is 9.59 Å². The third kappa shape index (κ3) is 4.68. The number of aromatic nitrogens is 1. The molecule has 3 aromatic rings. The van der Waals surface area contributed by atoms with Gasteiger partial charge in [-0.1, -0.05) is 42.5 Å². The first-order chi connectivity index (χ1) is 12.9. The van der Waals surface area contributed by atoms with E-state index in [-0.39, 0.29) is 24.5 Å². The third-order valence-corrected chi connectivity index (χ3v) is 5.38. The average Bonchev–Trinajstić information content (AvgIpc) is 3.02. The van der Waals surface area contributed by atoms with Gasteiger partial charge < -0.3 is 5.32 Å². The fraction of sp³-hybridized carbons (Fsp3) is 0.227. The monoisotopic (exact) mass is 378 g/mol. The van der Waals surface area contributed by atoms with Crippen LogP contribution in [0.1, 0.15) is 39.2 Å². The molecule has 1 heterocycles. The van der Waals surface area contributed by atoms with Gasteiger partial charge in [-0.2, -0.15) is 0 Å². The molecule has 1 N–H and O–H groups in total. The molecule has 0 aliphatic rings. The van der Waals surface area contributed by atoms with Crippen LogP contribution in [-0.4, -0.2) is 16.7 Å². The predicted octanol–water partition coefficient (Wildman–Crippen LogP) is 5.34. The Bertz CT molecular complexity index is 977. The molecule has 0 spiro atoms. The molecule has 0 radical (unpaired) electrons. The van der Waals surface area contributed by atoms with Gasteiger partial charge >= 0.3 is 0 Å². The van der Waals surface area contributed by atoms with E-state index in [2.05, 4.69) is 42.3 Å². The van der Waals surface area contributed by atoms with Crippen LogP contribution in [0.4, 0.5) is 5.13 Å². The summed E-state index contributed by atoms with van der Waals surface area (Å²) < 4.78 is 0. The van der Waals surface area contributed by atoms with Crippen molar-refractivity contribution < 1.29 is 9.59 Å². The zero-order valence-corrected chi connectivity index (χ0v) is 16.5. The molecule has 1 aromatic heterocycles. The Labute approximate surface area is 163 Å². The van der Waals surface area contributed by atoms with Crippen molar-refractivity contribution in [1.82, 2.24) is 4.98 Å². The summed E-state index contributed by atoms with van der Waals surface area (Å²) in [5, 5.41) is 3.39. The number of nitrogens with zero attached hydrogens (tertiary/aromatic N) is 1. The molecule has 5 heteroatoms. The van der Waals surface area contributed by atoms with E-state index >= 15 is 0 Å². The van der Waals surface area contributed by atoms with E-state index < -0.39 is 0 Å². The molecule has 0 bridgehead atoms. The smallest absolute Gasteiger partial charge is 0.226 e. The van der Waals surface area contributed by atoms with E-state index in [1.807, 2.05) is 25.1 Å². The van der Waals surface area contributed by atoms with Gasteiger partial charge in [-0.25, -0.2) is 4.98 Å². The lowest BCUT2D eigenvalue weighted by atomic mass is 10.0. The second kappa shape index (κ2) is 8.27. The zero-order valence-electron chi connectivity index (χ0n) is 15.7. The molecule has 27 heavy (non-hydrogen) atoms. The van der Waals surface area contributed by atoms with Crippen LogP contribution >= 0.6 is 11.3 Å². The largest absolute Gasteiger partial charge is 0.302 e. The number of carbonyl (C=O) groups excluding carboxylic acids is 2. The number of hydrogen-bond donors (Lipinski definition) is 1. The molecule has 0 aliphatic heterocycles. The van der Waals surface area contributed by atoms with Crippen LogP contribution in [0.25, 0.3) is 11.3 Å². The zero-order chi connectivity index (χ0) is 19.4. The molecule has 0 saturated heterocycles. The van der Waals surface area contributed by atoms with E-state index in [0.29, 0.717) is 10.7 Å². The summed E-state index contributed by atoms with van der Waals surface area (Å²) in [5.41, 5.74) is 5.02. The quantitative estimate of drug-likeness (QED) is 0.589. The molecule has 138 valence electrons. The van der Waals surface area contributed by atoms with Gasteiger partial charge in [0.1, 0.15) is 0 Å². The Morgan fingerprint density at radius 2 is 1.70 bits per heavy atom. The number of rotatable bonds is 6. The minimum absolute atomic E-state index is 0.0307. The Hall–Kier alpha value is -2.79. The molecular weight excluding hydrogens is 356 g/mol. The first-order valence-electron chi connectivity index (χ1n) is 8.87. The van der Waals surface area contributed by atoms with E-state index in [0.717, 1.165) is 16.1 Å². The van der Waals surface area contributed by atoms with Crippen LogP contribution in [0, 0.1) is 20.8 Å². The van der Waals surface area contributed by atoms with Gasteiger partial charge in [0.25, 0.3) is 0 Å². The summed E-state index contributed by atoms with van der Waals surface area (Å²) in [7, 11) is 0. The normalized spacial score (nSPS) is 10.6. The van der Waals surface area contributed by atoms with Gasteiger partial charge in [-0.15, -0.1) is 11.3 Å². The number of thiazole rings is 1. The molecule has 0 saturated carbocycles. The Balaban J connectivity index is 1.63. The first kappa shape index (κ1) is 19.0. The van der Waals surface area contributed by atoms with Crippen molar-refractivity contribution >= 4 is 28.2 Å². The second-order valence-corrected chi connectivity index (χ2v) is 7.76. The minimum atomic E-state index is -0.195. The van der Waals surface area contributed by atoms with Crippen LogP contribution in [0.5, 0.6) is 0 Å². The topological polar surface area (TPSA) is 59.1 Å². The lowest BCUT2D eigenvalue weighted by Gasteiger charge is -2.04. The van der Waals surface area contributed by atoms with Gasteiger partial charge in [0.2, 0.25) is 5.91 Å². The van der Waals surface area contributed by atoms with Crippen LogP contribution in [0.3, 0.4) is 0 Å². The number of Topliss-reactive ketones (excluding diaryl/α,β-unsaturated/α-hetero) is 1.